The van der Waals surface area contributed by atoms with Gasteiger partial charge in [-0.25, -0.2) is 9.97 Å². The van der Waals surface area contributed by atoms with Crippen molar-refractivity contribution in [2.45, 2.75) is 39.7 Å². The molecule has 1 aromatic rings. The van der Waals surface area contributed by atoms with Crippen LogP contribution >= 0.6 is 11.6 Å². The maximum atomic E-state index is 9.91. The molecule has 0 amide bonds. The van der Waals surface area contributed by atoms with Gasteiger partial charge in [0, 0.05) is 44.7 Å². The topological polar surface area (TPSA) is 52.5 Å². The van der Waals surface area contributed by atoms with Crippen LogP contribution in [-0.4, -0.2) is 58.3 Å². The summed E-state index contributed by atoms with van der Waals surface area (Å²) in [7, 11) is 0. The molecule has 5 nitrogen and oxygen atoms in total. The number of aliphatic hydroxyl groups is 1. The van der Waals surface area contributed by atoms with E-state index < -0.39 is 5.60 Å². The Morgan fingerprint density at radius 1 is 1.19 bits per heavy atom. The summed E-state index contributed by atoms with van der Waals surface area (Å²) in [5.41, 5.74) is 0.302. The minimum Gasteiger partial charge on any atom is -0.389 e. The molecule has 1 N–H and O–H groups in total. The molecule has 0 aromatic carbocycles. The highest BCUT2D eigenvalue weighted by atomic mass is 35.5. The molecule has 0 saturated carbocycles. The molecule has 0 atom stereocenters. The molecule has 0 bridgehead atoms. The van der Waals surface area contributed by atoms with E-state index in [9.17, 15) is 5.11 Å². The molecule has 118 valence electrons. The molecule has 0 aliphatic carbocycles. The SMILES string of the molecule is CCc1nc(Cl)c(C)c(N2CCN(CC(C)(C)O)CC2)n1. The summed E-state index contributed by atoms with van der Waals surface area (Å²) >= 11 is 6.21. The second-order valence-corrected chi connectivity index (χ2v) is 6.67. The van der Waals surface area contributed by atoms with Crippen molar-refractivity contribution in [3.05, 3.63) is 16.5 Å². The summed E-state index contributed by atoms with van der Waals surface area (Å²) in [5, 5.41) is 10.5. The van der Waals surface area contributed by atoms with Crippen molar-refractivity contribution >= 4 is 17.4 Å². The van der Waals surface area contributed by atoms with Gasteiger partial charge in [0.25, 0.3) is 0 Å². The lowest BCUT2D eigenvalue weighted by molar-refractivity contribution is 0.0344. The molecular formula is C15H25ClN4O. The van der Waals surface area contributed by atoms with E-state index in [1.54, 1.807) is 0 Å². The Kier molecular flexibility index (Phi) is 5.07. The highest BCUT2D eigenvalue weighted by Crippen LogP contribution is 2.24. The van der Waals surface area contributed by atoms with Crippen molar-refractivity contribution in [1.82, 2.24) is 14.9 Å². The zero-order valence-corrected chi connectivity index (χ0v) is 14.1. The van der Waals surface area contributed by atoms with Gasteiger partial charge in [-0.05, 0) is 20.8 Å². The van der Waals surface area contributed by atoms with Crippen molar-refractivity contribution in [3.63, 3.8) is 0 Å². The third kappa shape index (κ3) is 4.28. The maximum absolute atomic E-state index is 9.91. The van der Waals surface area contributed by atoms with Crippen LogP contribution in [0.25, 0.3) is 0 Å². The first-order chi connectivity index (χ1) is 9.80. The molecule has 0 spiro atoms. The zero-order chi connectivity index (χ0) is 15.6. The monoisotopic (exact) mass is 312 g/mol. The minimum absolute atomic E-state index is 0.552. The molecule has 0 radical (unpaired) electrons. The molecule has 0 unspecified atom stereocenters. The third-order valence-electron chi connectivity index (χ3n) is 3.71. The largest absolute Gasteiger partial charge is 0.389 e. The molecule has 2 rings (SSSR count). The Balaban J connectivity index is 2.07. The molecule has 1 aliphatic rings. The van der Waals surface area contributed by atoms with Gasteiger partial charge in [0.05, 0.1) is 5.60 Å². The Bertz CT molecular complexity index is 493. The summed E-state index contributed by atoms with van der Waals surface area (Å²) < 4.78 is 0. The van der Waals surface area contributed by atoms with Crippen LogP contribution in [-0.2, 0) is 6.42 Å². The summed E-state index contributed by atoms with van der Waals surface area (Å²) in [5.74, 6) is 1.74. The van der Waals surface area contributed by atoms with E-state index in [4.69, 9.17) is 11.6 Å². The summed E-state index contributed by atoms with van der Waals surface area (Å²) in [6.45, 7) is 12.0. The summed E-state index contributed by atoms with van der Waals surface area (Å²) in [6.07, 6.45) is 0.783. The third-order valence-corrected chi connectivity index (χ3v) is 4.07. The van der Waals surface area contributed by atoms with E-state index in [1.807, 2.05) is 27.7 Å². The molecule has 1 aromatic heterocycles. The molecule has 21 heavy (non-hydrogen) atoms. The number of hydrogen-bond acceptors (Lipinski definition) is 5. The van der Waals surface area contributed by atoms with Crippen molar-refractivity contribution in [2.24, 2.45) is 0 Å². The van der Waals surface area contributed by atoms with Gasteiger partial charge >= 0.3 is 0 Å². The first-order valence-corrected chi connectivity index (χ1v) is 7.90. The number of aromatic nitrogens is 2. The van der Waals surface area contributed by atoms with Gasteiger partial charge in [0.15, 0.2) is 0 Å². The lowest BCUT2D eigenvalue weighted by Gasteiger charge is -2.38. The lowest BCUT2D eigenvalue weighted by atomic mass is 10.1. The smallest absolute Gasteiger partial charge is 0.137 e. The van der Waals surface area contributed by atoms with Gasteiger partial charge in [-0.15, -0.1) is 0 Å². The van der Waals surface area contributed by atoms with Crippen LogP contribution in [0.5, 0.6) is 0 Å². The fourth-order valence-electron chi connectivity index (χ4n) is 2.65. The average molecular weight is 313 g/mol. The molecule has 1 fully saturated rings. The normalized spacial score (nSPS) is 17.3. The Labute approximate surface area is 131 Å². The fraction of sp³-hybridized carbons (Fsp3) is 0.733. The van der Waals surface area contributed by atoms with Gasteiger partial charge in [-0.2, -0.15) is 0 Å². The predicted molar refractivity (Wildman–Crippen MR) is 86.1 cm³/mol. The molecule has 2 heterocycles. The number of halogens is 1. The molecule has 1 aliphatic heterocycles. The van der Waals surface area contributed by atoms with Crippen LogP contribution in [0.1, 0.15) is 32.2 Å². The van der Waals surface area contributed by atoms with Gasteiger partial charge in [-0.3, -0.25) is 4.90 Å². The molecular weight excluding hydrogens is 288 g/mol. The fourth-order valence-corrected chi connectivity index (χ4v) is 2.83. The van der Waals surface area contributed by atoms with E-state index >= 15 is 0 Å². The van der Waals surface area contributed by atoms with Crippen LogP contribution in [0.15, 0.2) is 0 Å². The number of rotatable bonds is 4. The second kappa shape index (κ2) is 6.46. The highest BCUT2D eigenvalue weighted by Gasteiger charge is 2.24. The number of β-amino-alcohol motifs (C(OH)–C–C–N with tert-alkyl or cyclic N) is 1. The molecule has 6 heteroatoms. The van der Waals surface area contributed by atoms with Crippen molar-refractivity contribution in [3.8, 4) is 0 Å². The van der Waals surface area contributed by atoms with Gasteiger partial charge in [0.1, 0.15) is 16.8 Å². The lowest BCUT2D eigenvalue weighted by Crippen LogP contribution is -2.50. The predicted octanol–water partition coefficient (Wildman–Crippen LogP) is 1.89. The number of aryl methyl sites for hydroxylation is 1. The van der Waals surface area contributed by atoms with Crippen molar-refractivity contribution in [1.29, 1.82) is 0 Å². The zero-order valence-electron chi connectivity index (χ0n) is 13.4. The van der Waals surface area contributed by atoms with E-state index in [2.05, 4.69) is 19.8 Å². The van der Waals surface area contributed by atoms with Crippen LogP contribution in [0.4, 0.5) is 5.82 Å². The first-order valence-electron chi connectivity index (χ1n) is 7.53. The highest BCUT2D eigenvalue weighted by molar-refractivity contribution is 6.30. The standard InChI is InChI=1S/C15H25ClN4O/c1-5-12-17-13(16)11(2)14(18-12)20-8-6-19(7-9-20)10-15(3,4)21/h21H,5-10H2,1-4H3. The number of anilines is 1. The minimum atomic E-state index is -0.647. The van der Waals surface area contributed by atoms with Gasteiger partial charge in [0.2, 0.25) is 0 Å². The Morgan fingerprint density at radius 2 is 1.81 bits per heavy atom. The maximum Gasteiger partial charge on any atom is 0.137 e. The quantitative estimate of drug-likeness (QED) is 0.861. The van der Waals surface area contributed by atoms with Crippen LogP contribution in [0.2, 0.25) is 5.15 Å². The average Bonchev–Trinajstić information content (AvgIpc) is 2.41. The second-order valence-electron chi connectivity index (χ2n) is 6.31. The summed E-state index contributed by atoms with van der Waals surface area (Å²) in [4.78, 5) is 13.5. The Morgan fingerprint density at radius 3 is 2.33 bits per heavy atom. The van der Waals surface area contributed by atoms with Gasteiger partial charge < -0.3 is 10.0 Å². The van der Waals surface area contributed by atoms with E-state index in [0.29, 0.717) is 11.7 Å². The molecule has 1 saturated heterocycles. The van der Waals surface area contributed by atoms with Crippen LogP contribution in [0, 0.1) is 6.92 Å². The number of piperazine rings is 1. The van der Waals surface area contributed by atoms with Crippen molar-refractivity contribution in [2.75, 3.05) is 37.6 Å². The van der Waals surface area contributed by atoms with E-state index in [1.165, 1.54) is 0 Å². The summed E-state index contributed by atoms with van der Waals surface area (Å²) in [6, 6.07) is 0. The first kappa shape index (κ1) is 16.5. The Hall–Kier alpha value is -0.910. The van der Waals surface area contributed by atoms with E-state index in [0.717, 1.165) is 49.8 Å². The number of nitrogens with zero attached hydrogens (tertiary/aromatic N) is 4. The van der Waals surface area contributed by atoms with E-state index in [-0.39, 0.29) is 0 Å². The van der Waals surface area contributed by atoms with Crippen LogP contribution in [0.3, 0.4) is 0 Å². The van der Waals surface area contributed by atoms with Crippen molar-refractivity contribution < 1.29 is 5.11 Å². The number of hydrogen-bond donors (Lipinski definition) is 1. The van der Waals surface area contributed by atoms with Gasteiger partial charge in [-0.1, -0.05) is 18.5 Å². The van der Waals surface area contributed by atoms with Crippen LogP contribution < -0.4 is 4.90 Å².